The lowest BCUT2D eigenvalue weighted by atomic mass is 10.2. The predicted molar refractivity (Wildman–Crippen MR) is 78.4 cm³/mol. The molecule has 23 heavy (non-hydrogen) atoms. The number of hydrogen-bond donors (Lipinski definition) is 1. The number of aromatic nitrogens is 2. The topological polar surface area (TPSA) is 60.2 Å². The van der Waals surface area contributed by atoms with Crippen molar-refractivity contribution in [3.05, 3.63) is 36.0 Å². The first-order valence-electron chi connectivity index (χ1n) is 7.14. The number of halogens is 3. The maximum atomic E-state index is 12.1. The van der Waals surface area contributed by atoms with Gasteiger partial charge in [0.1, 0.15) is 11.8 Å². The highest BCUT2D eigenvalue weighted by Crippen LogP contribution is 2.23. The molecule has 0 radical (unpaired) electrons. The summed E-state index contributed by atoms with van der Waals surface area (Å²) in [4.78, 5) is 4.29. The Balaban J connectivity index is 1.94. The van der Waals surface area contributed by atoms with Gasteiger partial charge in [-0.3, -0.25) is 0 Å². The summed E-state index contributed by atoms with van der Waals surface area (Å²) in [6, 6.07) is 5.96. The number of ether oxygens (including phenoxy) is 1. The van der Waals surface area contributed by atoms with Gasteiger partial charge in [0.15, 0.2) is 12.4 Å². The highest BCUT2D eigenvalue weighted by Gasteiger charge is 2.28. The van der Waals surface area contributed by atoms with E-state index in [0.29, 0.717) is 17.4 Å². The van der Waals surface area contributed by atoms with Crippen molar-refractivity contribution >= 4 is 5.69 Å². The second-order valence-corrected chi connectivity index (χ2v) is 5.44. The summed E-state index contributed by atoms with van der Waals surface area (Å²) in [5, 5.41) is 7.02. The van der Waals surface area contributed by atoms with Crippen LogP contribution in [0.15, 0.2) is 28.8 Å². The van der Waals surface area contributed by atoms with E-state index in [2.05, 4.69) is 20.2 Å². The molecule has 126 valence electrons. The fourth-order valence-electron chi connectivity index (χ4n) is 1.78. The molecule has 0 bridgehead atoms. The van der Waals surface area contributed by atoms with Crippen LogP contribution in [-0.4, -0.2) is 22.9 Å². The molecule has 1 aromatic carbocycles. The van der Waals surface area contributed by atoms with E-state index in [1.165, 1.54) is 12.1 Å². The van der Waals surface area contributed by atoms with E-state index in [1.54, 1.807) is 12.1 Å². The summed E-state index contributed by atoms with van der Waals surface area (Å²) in [5.74, 6) is 1.40. The summed E-state index contributed by atoms with van der Waals surface area (Å²) in [7, 11) is 0. The largest absolute Gasteiger partial charge is 0.484 e. The van der Waals surface area contributed by atoms with Crippen LogP contribution in [-0.2, 0) is 0 Å². The third kappa shape index (κ3) is 5.15. The summed E-state index contributed by atoms with van der Waals surface area (Å²) >= 11 is 0. The molecule has 1 unspecified atom stereocenters. The average Bonchev–Trinajstić information content (AvgIpc) is 2.96. The first kappa shape index (κ1) is 17.1. The van der Waals surface area contributed by atoms with Crippen molar-refractivity contribution in [2.24, 2.45) is 0 Å². The van der Waals surface area contributed by atoms with Gasteiger partial charge in [-0.05, 0) is 31.2 Å². The molecule has 0 aliphatic carbocycles. The monoisotopic (exact) mass is 329 g/mol. The third-order valence-corrected chi connectivity index (χ3v) is 2.98. The maximum Gasteiger partial charge on any atom is 0.422 e. The van der Waals surface area contributed by atoms with Crippen LogP contribution in [0.4, 0.5) is 18.9 Å². The van der Waals surface area contributed by atoms with Gasteiger partial charge < -0.3 is 14.6 Å². The van der Waals surface area contributed by atoms with Gasteiger partial charge in [0.25, 0.3) is 0 Å². The van der Waals surface area contributed by atoms with Crippen LogP contribution in [0.1, 0.15) is 44.4 Å². The number of rotatable bonds is 6. The lowest BCUT2D eigenvalue weighted by molar-refractivity contribution is -0.153. The molecule has 0 aliphatic rings. The van der Waals surface area contributed by atoms with Crippen LogP contribution in [0.2, 0.25) is 0 Å². The van der Waals surface area contributed by atoms with E-state index in [9.17, 15) is 13.2 Å². The Labute approximate surface area is 131 Å². The third-order valence-electron chi connectivity index (χ3n) is 2.98. The summed E-state index contributed by atoms with van der Waals surface area (Å²) in [6.45, 7) is 4.47. The van der Waals surface area contributed by atoms with Crippen molar-refractivity contribution in [2.45, 2.75) is 38.9 Å². The van der Waals surface area contributed by atoms with Crippen LogP contribution >= 0.6 is 0 Å². The molecular weight excluding hydrogens is 311 g/mol. The Morgan fingerprint density at radius 2 is 1.83 bits per heavy atom. The van der Waals surface area contributed by atoms with Crippen LogP contribution in [0.3, 0.4) is 0 Å². The molecule has 5 nitrogen and oxygen atoms in total. The molecule has 2 rings (SSSR count). The van der Waals surface area contributed by atoms with E-state index in [-0.39, 0.29) is 17.7 Å². The molecule has 8 heteroatoms. The zero-order chi connectivity index (χ0) is 17.0. The van der Waals surface area contributed by atoms with Gasteiger partial charge in [0, 0.05) is 11.6 Å². The normalized spacial score (nSPS) is 13.2. The van der Waals surface area contributed by atoms with E-state index in [1.807, 2.05) is 20.8 Å². The van der Waals surface area contributed by atoms with Crippen molar-refractivity contribution in [1.82, 2.24) is 10.1 Å². The summed E-state index contributed by atoms with van der Waals surface area (Å²) < 4.78 is 46.1. The number of nitrogens with one attached hydrogen (secondary N) is 1. The summed E-state index contributed by atoms with van der Waals surface area (Å²) in [6.07, 6.45) is -4.35. The standard InChI is InChI=1S/C15H18F3N3O2/c1-9(2)13-20-14(23-21-13)10(3)19-11-4-6-12(7-5-11)22-8-15(16,17)18/h4-7,9-10,19H,8H2,1-3H3. The molecule has 0 saturated carbocycles. The Hall–Kier alpha value is -2.25. The quantitative estimate of drug-likeness (QED) is 0.856. The fraction of sp³-hybridized carbons (Fsp3) is 0.467. The zero-order valence-electron chi connectivity index (χ0n) is 13.0. The molecule has 1 atom stereocenters. The smallest absolute Gasteiger partial charge is 0.422 e. The molecule has 0 aliphatic heterocycles. The minimum absolute atomic E-state index is 0.153. The lowest BCUT2D eigenvalue weighted by Crippen LogP contribution is -2.19. The first-order valence-corrected chi connectivity index (χ1v) is 7.14. The minimum Gasteiger partial charge on any atom is -0.484 e. The van der Waals surface area contributed by atoms with Crippen molar-refractivity contribution < 1.29 is 22.4 Å². The number of nitrogens with zero attached hydrogens (tertiary/aromatic N) is 2. The number of hydrogen-bond acceptors (Lipinski definition) is 5. The molecule has 2 aromatic rings. The van der Waals surface area contributed by atoms with Crippen molar-refractivity contribution in [3.8, 4) is 5.75 Å². The van der Waals surface area contributed by atoms with Gasteiger partial charge >= 0.3 is 6.18 Å². The number of anilines is 1. The second kappa shape index (κ2) is 6.89. The van der Waals surface area contributed by atoms with Crippen LogP contribution in [0.5, 0.6) is 5.75 Å². The summed E-state index contributed by atoms with van der Waals surface area (Å²) in [5.41, 5.74) is 0.709. The van der Waals surface area contributed by atoms with Crippen LogP contribution in [0, 0.1) is 0 Å². The highest BCUT2D eigenvalue weighted by atomic mass is 19.4. The number of alkyl halides is 3. The van der Waals surface area contributed by atoms with Gasteiger partial charge in [0.2, 0.25) is 5.89 Å². The van der Waals surface area contributed by atoms with Crippen molar-refractivity contribution in [1.29, 1.82) is 0 Å². The Bertz CT molecular complexity index is 624. The lowest BCUT2D eigenvalue weighted by Gasteiger charge is -2.13. The predicted octanol–water partition coefficient (Wildman–Crippen LogP) is 4.31. The minimum atomic E-state index is -4.35. The SMILES string of the molecule is CC(C)c1noc(C(C)Nc2ccc(OCC(F)(F)F)cc2)n1. The van der Waals surface area contributed by atoms with Gasteiger partial charge in [-0.15, -0.1) is 0 Å². The Morgan fingerprint density at radius 3 is 2.35 bits per heavy atom. The first-order chi connectivity index (χ1) is 10.7. The molecule has 0 saturated heterocycles. The Kier molecular flexibility index (Phi) is 5.12. The molecule has 0 spiro atoms. The van der Waals surface area contributed by atoms with E-state index in [4.69, 9.17) is 4.52 Å². The van der Waals surface area contributed by atoms with E-state index in [0.717, 1.165) is 0 Å². The fourth-order valence-corrected chi connectivity index (χ4v) is 1.78. The highest BCUT2D eigenvalue weighted by molar-refractivity contribution is 5.47. The van der Waals surface area contributed by atoms with Crippen molar-refractivity contribution in [2.75, 3.05) is 11.9 Å². The molecule has 1 heterocycles. The zero-order valence-corrected chi connectivity index (χ0v) is 13.0. The molecule has 0 fully saturated rings. The average molecular weight is 329 g/mol. The van der Waals surface area contributed by atoms with Gasteiger partial charge in [-0.25, -0.2) is 0 Å². The molecule has 1 aromatic heterocycles. The number of benzene rings is 1. The molecule has 0 amide bonds. The van der Waals surface area contributed by atoms with Crippen LogP contribution in [0.25, 0.3) is 0 Å². The Morgan fingerprint density at radius 1 is 1.17 bits per heavy atom. The van der Waals surface area contributed by atoms with Gasteiger partial charge in [0.05, 0.1) is 0 Å². The second-order valence-electron chi connectivity index (χ2n) is 5.44. The maximum absolute atomic E-state index is 12.1. The van der Waals surface area contributed by atoms with Gasteiger partial charge in [-0.2, -0.15) is 18.2 Å². The van der Waals surface area contributed by atoms with E-state index >= 15 is 0 Å². The molecular formula is C15H18F3N3O2. The van der Waals surface area contributed by atoms with E-state index < -0.39 is 12.8 Å². The van der Waals surface area contributed by atoms with Crippen molar-refractivity contribution in [3.63, 3.8) is 0 Å². The van der Waals surface area contributed by atoms with Gasteiger partial charge in [-0.1, -0.05) is 19.0 Å². The molecule has 1 N–H and O–H groups in total. The van der Waals surface area contributed by atoms with Crippen LogP contribution < -0.4 is 10.1 Å².